The van der Waals surface area contributed by atoms with Crippen molar-refractivity contribution in [3.8, 4) is 0 Å². The van der Waals surface area contributed by atoms with Gasteiger partial charge in [-0.25, -0.2) is 0 Å². The number of nitrogens with zero attached hydrogens (tertiary/aromatic N) is 1. The van der Waals surface area contributed by atoms with Gasteiger partial charge in [0.05, 0.1) is 27.2 Å². The SMILES string of the molecule is CCCCCCCCCCCC(=O)[O-].CCCCCCCCCC[N+](C)(C)CCCCCCCC. The van der Waals surface area contributed by atoms with Crippen molar-refractivity contribution in [2.24, 2.45) is 0 Å². The molecule has 0 heterocycles. The van der Waals surface area contributed by atoms with E-state index in [9.17, 15) is 9.90 Å². The maximum atomic E-state index is 10.1. The molecule has 0 spiro atoms. The molecule has 0 saturated heterocycles. The molecule has 0 aliphatic rings. The predicted octanol–water partition coefficient (Wildman–Crippen LogP) is 9.22. The summed E-state index contributed by atoms with van der Waals surface area (Å²) in [6, 6.07) is 0. The molecule has 0 aromatic carbocycles. The van der Waals surface area contributed by atoms with Crippen LogP contribution in [-0.4, -0.2) is 37.6 Å². The molecule has 0 aliphatic heterocycles. The maximum Gasteiger partial charge on any atom is 0.0782 e. The summed E-state index contributed by atoms with van der Waals surface area (Å²) in [6.07, 6.45) is 31.2. The molecule has 3 nitrogen and oxygen atoms in total. The Labute approximate surface area is 222 Å². The largest absolute Gasteiger partial charge is 0.550 e. The number of quaternary nitrogens is 1. The fourth-order valence-electron chi connectivity index (χ4n) is 4.69. The van der Waals surface area contributed by atoms with Gasteiger partial charge >= 0.3 is 0 Å². The molecule has 35 heavy (non-hydrogen) atoms. The number of carboxylic acids is 1. The zero-order chi connectivity index (χ0) is 26.5. The average Bonchev–Trinajstić information content (AvgIpc) is 2.82. The van der Waals surface area contributed by atoms with Crippen LogP contribution in [0.3, 0.4) is 0 Å². The Morgan fingerprint density at radius 3 is 1.00 bits per heavy atom. The maximum absolute atomic E-state index is 10.1. The number of hydrogen-bond donors (Lipinski definition) is 0. The van der Waals surface area contributed by atoms with E-state index in [1.54, 1.807) is 0 Å². The highest BCUT2D eigenvalue weighted by Crippen LogP contribution is 2.13. The lowest BCUT2D eigenvalue weighted by Gasteiger charge is -2.30. The van der Waals surface area contributed by atoms with Crippen molar-refractivity contribution in [2.75, 3.05) is 27.2 Å². The van der Waals surface area contributed by atoms with Gasteiger partial charge < -0.3 is 14.4 Å². The fourth-order valence-corrected chi connectivity index (χ4v) is 4.69. The first-order valence-electron chi connectivity index (χ1n) is 15.9. The van der Waals surface area contributed by atoms with Gasteiger partial charge in [-0.15, -0.1) is 0 Å². The normalized spacial score (nSPS) is 11.3. The van der Waals surface area contributed by atoms with Crippen LogP contribution in [-0.2, 0) is 4.79 Å². The van der Waals surface area contributed by atoms with Gasteiger partial charge in [0.2, 0.25) is 0 Å². The number of unbranched alkanes of at least 4 members (excludes halogenated alkanes) is 20. The Balaban J connectivity index is 0. The van der Waals surface area contributed by atoms with Crippen molar-refractivity contribution in [2.45, 2.75) is 175 Å². The van der Waals surface area contributed by atoms with Gasteiger partial charge in [0, 0.05) is 5.97 Å². The van der Waals surface area contributed by atoms with Crippen molar-refractivity contribution >= 4 is 5.97 Å². The van der Waals surface area contributed by atoms with Crippen molar-refractivity contribution in [1.82, 2.24) is 0 Å². The van der Waals surface area contributed by atoms with E-state index in [2.05, 4.69) is 34.9 Å². The Bertz CT molecular complexity index is 408. The van der Waals surface area contributed by atoms with Crippen molar-refractivity contribution in [1.29, 1.82) is 0 Å². The molecule has 0 fully saturated rings. The summed E-state index contributed by atoms with van der Waals surface area (Å²) in [4.78, 5) is 10.1. The molecular weight excluding hydrogens is 430 g/mol. The molecule has 0 amide bonds. The Hall–Kier alpha value is -0.570. The van der Waals surface area contributed by atoms with Crippen LogP contribution in [0.25, 0.3) is 0 Å². The summed E-state index contributed by atoms with van der Waals surface area (Å²) in [5.74, 6) is -0.909. The van der Waals surface area contributed by atoms with E-state index in [1.807, 2.05) is 0 Å². The number of rotatable bonds is 26. The van der Waals surface area contributed by atoms with E-state index in [0.717, 1.165) is 12.8 Å². The van der Waals surface area contributed by atoms with E-state index in [0.29, 0.717) is 0 Å². The Morgan fingerprint density at radius 2 is 0.714 bits per heavy atom. The lowest BCUT2D eigenvalue weighted by molar-refractivity contribution is -0.890. The van der Waals surface area contributed by atoms with E-state index in [4.69, 9.17) is 0 Å². The zero-order valence-electron chi connectivity index (χ0n) is 25.1. The van der Waals surface area contributed by atoms with E-state index < -0.39 is 5.97 Å². The average molecular weight is 498 g/mol. The third-order valence-electron chi connectivity index (χ3n) is 7.22. The minimum Gasteiger partial charge on any atom is -0.550 e. The van der Waals surface area contributed by atoms with Crippen LogP contribution in [0, 0.1) is 0 Å². The number of carbonyl (C=O) groups excluding carboxylic acids is 1. The molecular formula is C32H67NO2. The minimum atomic E-state index is -0.909. The number of carboxylic acid groups (broad SMARTS) is 1. The zero-order valence-corrected chi connectivity index (χ0v) is 25.1. The van der Waals surface area contributed by atoms with Crippen LogP contribution >= 0.6 is 0 Å². The standard InChI is InChI=1S/C20H44N.C12H24O2/c1-5-7-9-11-13-14-16-18-20-21(3,4)19-17-15-12-10-8-6-2;1-2-3-4-5-6-7-8-9-10-11-12(13)14/h5-20H2,1-4H3;2-11H2,1H3,(H,13,14)/q+1;/p-1. The topological polar surface area (TPSA) is 40.1 Å². The van der Waals surface area contributed by atoms with E-state index in [-0.39, 0.29) is 6.42 Å². The summed E-state index contributed by atoms with van der Waals surface area (Å²) >= 11 is 0. The second-order valence-electron chi connectivity index (χ2n) is 11.6. The van der Waals surface area contributed by atoms with Crippen LogP contribution in [0.2, 0.25) is 0 Å². The summed E-state index contributed by atoms with van der Waals surface area (Å²) in [5.41, 5.74) is 0. The second-order valence-corrected chi connectivity index (χ2v) is 11.6. The van der Waals surface area contributed by atoms with E-state index in [1.165, 1.54) is 152 Å². The summed E-state index contributed by atoms with van der Waals surface area (Å²) in [7, 11) is 4.85. The second kappa shape index (κ2) is 29.7. The van der Waals surface area contributed by atoms with E-state index >= 15 is 0 Å². The monoisotopic (exact) mass is 498 g/mol. The van der Waals surface area contributed by atoms with Crippen LogP contribution in [0.5, 0.6) is 0 Å². The Morgan fingerprint density at radius 1 is 0.457 bits per heavy atom. The van der Waals surface area contributed by atoms with Crippen molar-refractivity contribution in [3.63, 3.8) is 0 Å². The first-order chi connectivity index (χ1) is 16.9. The number of aliphatic carboxylic acids is 1. The number of carbonyl (C=O) groups is 1. The summed E-state index contributed by atoms with van der Waals surface area (Å²) in [5, 5.41) is 10.1. The first-order valence-corrected chi connectivity index (χ1v) is 15.9. The molecule has 0 radical (unpaired) electrons. The smallest absolute Gasteiger partial charge is 0.0782 e. The molecule has 0 aromatic rings. The van der Waals surface area contributed by atoms with Crippen LogP contribution < -0.4 is 5.11 Å². The third kappa shape index (κ3) is 35.7. The Kier molecular flexibility index (Phi) is 31.0. The quantitative estimate of drug-likeness (QED) is 0.0882. The van der Waals surface area contributed by atoms with Crippen LogP contribution in [0.4, 0.5) is 0 Å². The van der Waals surface area contributed by atoms with Gasteiger partial charge in [0.1, 0.15) is 0 Å². The van der Waals surface area contributed by atoms with Crippen molar-refractivity contribution in [3.05, 3.63) is 0 Å². The van der Waals surface area contributed by atoms with Gasteiger partial charge in [-0.1, -0.05) is 136 Å². The number of hydrogen-bond acceptors (Lipinski definition) is 2. The van der Waals surface area contributed by atoms with Crippen LogP contribution in [0.15, 0.2) is 0 Å². The molecule has 0 unspecified atom stereocenters. The van der Waals surface area contributed by atoms with Crippen LogP contribution in [0.1, 0.15) is 175 Å². The molecule has 0 aromatic heterocycles. The van der Waals surface area contributed by atoms with Gasteiger partial charge in [0.25, 0.3) is 0 Å². The van der Waals surface area contributed by atoms with Gasteiger partial charge in [0.15, 0.2) is 0 Å². The fraction of sp³-hybridized carbons (Fsp3) is 0.969. The van der Waals surface area contributed by atoms with Gasteiger partial charge in [-0.3, -0.25) is 0 Å². The molecule has 0 bridgehead atoms. The van der Waals surface area contributed by atoms with Gasteiger partial charge in [-0.05, 0) is 38.5 Å². The summed E-state index contributed by atoms with van der Waals surface area (Å²) < 4.78 is 1.24. The molecule has 0 saturated carbocycles. The molecule has 0 aliphatic carbocycles. The molecule has 0 atom stereocenters. The molecule has 3 heteroatoms. The highest BCUT2D eigenvalue weighted by atomic mass is 16.4. The third-order valence-corrected chi connectivity index (χ3v) is 7.22. The van der Waals surface area contributed by atoms with Crippen molar-refractivity contribution < 1.29 is 14.4 Å². The molecule has 0 N–H and O–H groups in total. The first kappa shape index (κ1) is 36.6. The highest BCUT2D eigenvalue weighted by molar-refractivity contribution is 5.63. The lowest BCUT2D eigenvalue weighted by Crippen LogP contribution is -2.41. The van der Waals surface area contributed by atoms with Gasteiger partial charge in [-0.2, -0.15) is 0 Å². The highest BCUT2D eigenvalue weighted by Gasteiger charge is 2.13. The lowest BCUT2D eigenvalue weighted by atomic mass is 10.1. The predicted molar refractivity (Wildman–Crippen MR) is 155 cm³/mol. The molecule has 0 rings (SSSR count). The summed E-state index contributed by atoms with van der Waals surface area (Å²) in [6.45, 7) is 9.57. The molecule has 212 valence electrons. The minimum absolute atomic E-state index is 0.232.